The Kier molecular flexibility index (Phi) is 6.42. The molecule has 0 aliphatic heterocycles. The standard InChI is InChI=1S/C18H16BrF3N2O2/c1-24(17(26)14-6-8-15(19)9-7-14)10-12-2-4-13(5-3-12)16(25)23-11-18(20,21)22/h2-9H,10-11H2,1H3,(H,23,25). The van der Waals surface area contributed by atoms with Gasteiger partial charge in [-0.25, -0.2) is 0 Å². The van der Waals surface area contributed by atoms with Crippen LogP contribution >= 0.6 is 15.9 Å². The van der Waals surface area contributed by atoms with E-state index in [1.807, 2.05) is 5.32 Å². The van der Waals surface area contributed by atoms with Crippen molar-refractivity contribution in [3.05, 3.63) is 69.7 Å². The van der Waals surface area contributed by atoms with Gasteiger partial charge in [-0.15, -0.1) is 0 Å². The zero-order valence-electron chi connectivity index (χ0n) is 13.8. The Morgan fingerprint density at radius 3 is 2.08 bits per heavy atom. The second kappa shape index (κ2) is 8.35. The average Bonchev–Trinajstić information content (AvgIpc) is 2.59. The lowest BCUT2D eigenvalue weighted by atomic mass is 10.1. The molecular weight excluding hydrogens is 413 g/mol. The highest BCUT2D eigenvalue weighted by atomic mass is 79.9. The summed E-state index contributed by atoms with van der Waals surface area (Å²) in [6.45, 7) is -1.07. The number of alkyl halides is 3. The molecule has 0 fully saturated rings. The van der Waals surface area contributed by atoms with Gasteiger partial charge in [0.1, 0.15) is 6.54 Å². The van der Waals surface area contributed by atoms with E-state index in [1.54, 1.807) is 43.4 Å². The molecule has 26 heavy (non-hydrogen) atoms. The minimum atomic E-state index is -4.45. The Balaban J connectivity index is 1.96. The van der Waals surface area contributed by atoms with Crippen molar-refractivity contribution in [3.8, 4) is 0 Å². The summed E-state index contributed by atoms with van der Waals surface area (Å²) in [5.41, 5.74) is 1.42. The summed E-state index contributed by atoms with van der Waals surface area (Å²) in [6.07, 6.45) is -4.45. The third-order valence-electron chi connectivity index (χ3n) is 3.52. The van der Waals surface area contributed by atoms with E-state index in [9.17, 15) is 22.8 Å². The van der Waals surface area contributed by atoms with Gasteiger partial charge in [-0.1, -0.05) is 28.1 Å². The van der Waals surface area contributed by atoms with E-state index in [4.69, 9.17) is 0 Å². The van der Waals surface area contributed by atoms with Crippen LogP contribution in [0.4, 0.5) is 13.2 Å². The molecule has 2 aromatic rings. The maximum absolute atomic E-state index is 12.4. The first-order chi connectivity index (χ1) is 12.2. The molecule has 0 unspecified atom stereocenters. The molecule has 138 valence electrons. The van der Waals surface area contributed by atoms with Gasteiger partial charge in [0.2, 0.25) is 0 Å². The number of nitrogens with zero attached hydrogens (tertiary/aromatic N) is 1. The molecule has 2 rings (SSSR count). The quantitative estimate of drug-likeness (QED) is 0.781. The highest BCUT2D eigenvalue weighted by Crippen LogP contribution is 2.15. The zero-order chi connectivity index (χ0) is 19.3. The number of carbonyl (C=O) groups excluding carboxylic acids is 2. The molecule has 0 aliphatic carbocycles. The Bertz CT molecular complexity index is 775. The highest BCUT2D eigenvalue weighted by molar-refractivity contribution is 9.10. The fourth-order valence-corrected chi connectivity index (χ4v) is 2.47. The van der Waals surface area contributed by atoms with E-state index in [1.165, 1.54) is 17.0 Å². The third kappa shape index (κ3) is 5.87. The minimum absolute atomic E-state index is 0.125. The summed E-state index contributed by atoms with van der Waals surface area (Å²) < 4.78 is 37.2. The van der Waals surface area contributed by atoms with E-state index in [0.717, 1.165) is 10.0 Å². The first kappa shape index (κ1) is 20.0. The lowest BCUT2D eigenvalue weighted by Gasteiger charge is -2.17. The number of carbonyl (C=O) groups is 2. The number of hydrogen-bond donors (Lipinski definition) is 1. The van der Waals surface area contributed by atoms with Crippen molar-refractivity contribution in [3.63, 3.8) is 0 Å². The molecule has 4 nitrogen and oxygen atoms in total. The van der Waals surface area contributed by atoms with Crippen molar-refractivity contribution < 1.29 is 22.8 Å². The van der Waals surface area contributed by atoms with Crippen LogP contribution in [0.3, 0.4) is 0 Å². The monoisotopic (exact) mass is 428 g/mol. The van der Waals surface area contributed by atoms with Crippen molar-refractivity contribution in [1.29, 1.82) is 0 Å². The first-order valence-electron chi connectivity index (χ1n) is 7.60. The fraction of sp³-hybridized carbons (Fsp3) is 0.222. The van der Waals surface area contributed by atoms with Crippen molar-refractivity contribution in [1.82, 2.24) is 10.2 Å². The second-order valence-corrected chi connectivity index (χ2v) is 6.58. The van der Waals surface area contributed by atoms with Crippen molar-refractivity contribution in [2.24, 2.45) is 0 Å². The largest absolute Gasteiger partial charge is 0.405 e. The van der Waals surface area contributed by atoms with Gasteiger partial charge in [0.15, 0.2) is 0 Å². The molecule has 2 aromatic carbocycles. The molecule has 0 heterocycles. The molecule has 0 saturated heterocycles. The van der Waals surface area contributed by atoms with Crippen molar-refractivity contribution in [2.45, 2.75) is 12.7 Å². The van der Waals surface area contributed by atoms with Gasteiger partial charge < -0.3 is 10.2 Å². The molecule has 0 atom stereocenters. The predicted molar refractivity (Wildman–Crippen MR) is 94.8 cm³/mol. The Hall–Kier alpha value is -2.35. The first-order valence-corrected chi connectivity index (χ1v) is 8.40. The van der Waals surface area contributed by atoms with Crippen LogP contribution < -0.4 is 5.32 Å². The van der Waals surface area contributed by atoms with Gasteiger partial charge in [0, 0.05) is 29.2 Å². The van der Waals surface area contributed by atoms with Crippen LogP contribution in [0.2, 0.25) is 0 Å². The summed E-state index contributed by atoms with van der Waals surface area (Å²) in [4.78, 5) is 25.5. The van der Waals surface area contributed by atoms with Crippen LogP contribution in [-0.4, -0.2) is 36.5 Å². The molecule has 0 bridgehead atoms. The Morgan fingerprint density at radius 2 is 1.54 bits per heavy atom. The molecule has 0 spiro atoms. The normalized spacial score (nSPS) is 11.1. The number of rotatable bonds is 5. The molecule has 1 N–H and O–H groups in total. The molecule has 2 amide bonds. The van der Waals surface area contributed by atoms with Crippen LogP contribution in [-0.2, 0) is 6.54 Å². The number of amides is 2. The van der Waals surface area contributed by atoms with Gasteiger partial charge in [-0.3, -0.25) is 9.59 Å². The smallest absolute Gasteiger partial charge is 0.343 e. The third-order valence-corrected chi connectivity index (χ3v) is 4.05. The maximum atomic E-state index is 12.4. The van der Waals surface area contributed by atoms with E-state index in [0.29, 0.717) is 12.1 Å². The lowest BCUT2D eigenvalue weighted by Crippen LogP contribution is -2.33. The maximum Gasteiger partial charge on any atom is 0.405 e. The van der Waals surface area contributed by atoms with Gasteiger partial charge in [0.25, 0.3) is 11.8 Å². The highest BCUT2D eigenvalue weighted by Gasteiger charge is 2.27. The van der Waals surface area contributed by atoms with E-state index < -0.39 is 18.6 Å². The molecule has 0 aromatic heterocycles. The van der Waals surface area contributed by atoms with Gasteiger partial charge >= 0.3 is 6.18 Å². The van der Waals surface area contributed by atoms with Gasteiger partial charge in [-0.2, -0.15) is 13.2 Å². The predicted octanol–water partition coefficient (Wildman–Crippen LogP) is 4.01. The SMILES string of the molecule is CN(Cc1ccc(C(=O)NCC(F)(F)F)cc1)C(=O)c1ccc(Br)cc1. The summed E-state index contributed by atoms with van der Waals surface area (Å²) >= 11 is 3.31. The van der Waals surface area contributed by atoms with E-state index in [-0.39, 0.29) is 11.5 Å². The minimum Gasteiger partial charge on any atom is -0.343 e. The average molecular weight is 429 g/mol. The lowest BCUT2D eigenvalue weighted by molar-refractivity contribution is -0.123. The fourth-order valence-electron chi connectivity index (χ4n) is 2.20. The molecule has 0 radical (unpaired) electrons. The molecule has 0 aliphatic rings. The number of nitrogens with one attached hydrogen (secondary N) is 1. The Morgan fingerprint density at radius 1 is 1.00 bits per heavy atom. The van der Waals surface area contributed by atoms with Crippen LogP contribution in [0.1, 0.15) is 26.3 Å². The molecular formula is C18H16BrF3N2O2. The molecule has 0 saturated carbocycles. The van der Waals surface area contributed by atoms with Crippen molar-refractivity contribution >= 4 is 27.7 Å². The molecule has 8 heteroatoms. The van der Waals surface area contributed by atoms with Gasteiger partial charge in [0.05, 0.1) is 0 Å². The zero-order valence-corrected chi connectivity index (χ0v) is 15.4. The number of hydrogen-bond acceptors (Lipinski definition) is 2. The summed E-state index contributed by atoms with van der Waals surface area (Å²) in [6, 6.07) is 13.0. The second-order valence-electron chi connectivity index (χ2n) is 5.66. The topological polar surface area (TPSA) is 49.4 Å². The van der Waals surface area contributed by atoms with E-state index in [2.05, 4.69) is 15.9 Å². The van der Waals surface area contributed by atoms with Crippen LogP contribution in [0.15, 0.2) is 53.0 Å². The Labute approximate surface area is 157 Å². The summed E-state index contributed by atoms with van der Waals surface area (Å²) in [5.74, 6) is -0.960. The van der Waals surface area contributed by atoms with Gasteiger partial charge in [-0.05, 0) is 42.0 Å². The van der Waals surface area contributed by atoms with E-state index >= 15 is 0 Å². The van der Waals surface area contributed by atoms with Crippen LogP contribution in [0.25, 0.3) is 0 Å². The number of halogens is 4. The van der Waals surface area contributed by atoms with Crippen molar-refractivity contribution in [2.75, 3.05) is 13.6 Å². The summed E-state index contributed by atoms with van der Waals surface area (Å²) in [5, 5.41) is 1.81. The van der Waals surface area contributed by atoms with Crippen LogP contribution in [0.5, 0.6) is 0 Å². The summed E-state index contributed by atoms with van der Waals surface area (Å²) in [7, 11) is 1.65. The number of benzene rings is 2. The van der Waals surface area contributed by atoms with Crippen LogP contribution in [0, 0.1) is 0 Å².